The Hall–Kier alpha value is -0.570. The van der Waals surface area contributed by atoms with Crippen molar-refractivity contribution in [2.24, 2.45) is 23.2 Å². The van der Waals surface area contributed by atoms with E-state index in [9.17, 15) is 4.79 Å². The zero-order valence-electron chi connectivity index (χ0n) is 10.8. The van der Waals surface area contributed by atoms with Gasteiger partial charge in [-0.3, -0.25) is 4.79 Å². The highest BCUT2D eigenvalue weighted by atomic mass is 16.5. The smallest absolute Gasteiger partial charge is 0.306 e. The van der Waals surface area contributed by atoms with Gasteiger partial charge in [-0.25, -0.2) is 0 Å². The van der Waals surface area contributed by atoms with E-state index in [0.717, 1.165) is 5.92 Å². The van der Waals surface area contributed by atoms with Crippen molar-refractivity contribution in [3.63, 3.8) is 0 Å². The third-order valence-corrected chi connectivity index (χ3v) is 5.33. The van der Waals surface area contributed by atoms with Gasteiger partial charge >= 0.3 is 5.97 Å². The third kappa shape index (κ3) is 1.79. The van der Waals surface area contributed by atoms with Crippen LogP contribution in [0.2, 0.25) is 0 Å². The highest BCUT2D eigenvalue weighted by Crippen LogP contribution is 2.61. The van der Waals surface area contributed by atoms with Crippen molar-refractivity contribution in [1.29, 1.82) is 0 Å². The Bertz CT molecular complexity index is 309. The number of hydrogen-bond acceptors (Lipinski definition) is 3. The van der Waals surface area contributed by atoms with Gasteiger partial charge in [-0.2, -0.15) is 0 Å². The Morgan fingerprint density at radius 2 is 1.82 bits per heavy atom. The van der Waals surface area contributed by atoms with Crippen molar-refractivity contribution in [2.45, 2.75) is 44.6 Å². The number of carbonyl (C=O) groups excluding carboxylic acids is 1. The summed E-state index contributed by atoms with van der Waals surface area (Å²) in [4.78, 5) is 11.6. The molecule has 4 aliphatic rings. The fourth-order valence-corrected chi connectivity index (χ4v) is 5.13. The summed E-state index contributed by atoms with van der Waals surface area (Å²) in [5.74, 6) is 2.19. The van der Waals surface area contributed by atoms with Crippen LogP contribution in [0.1, 0.15) is 38.5 Å². The standard InChI is InChI=1S/C14H22O3/c1-16-12(15)8-14-5-9-3-10(6-14)13(17-2)11(4-9)7-14/h9-11,13H,3-8H2,1-2H3. The van der Waals surface area contributed by atoms with Gasteiger partial charge in [-0.05, 0) is 55.3 Å². The molecule has 4 fully saturated rings. The molecule has 3 nitrogen and oxygen atoms in total. The molecule has 0 aromatic rings. The van der Waals surface area contributed by atoms with Gasteiger partial charge < -0.3 is 9.47 Å². The Kier molecular flexibility index (Phi) is 2.69. The SMILES string of the molecule is COC(=O)CC12CC3CC(C1)C(OC)C(C3)C2. The zero-order chi connectivity index (χ0) is 12.0. The van der Waals surface area contributed by atoms with Crippen molar-refractivity contribution in [1.82, 2.24) is 0 Å². The summed E-state index contributed by atoms with van der Waals surface area (Å²) in [7, 11) is 3.35. The molecule has 4 aliphatic carbocycles. The van der Waals surface area contributed by atoms with E-state index < -0.39 is 0 Å². The fourth-order valence-electron chi connectivity index (χ4n) is 5.13. The number of methoxy groups -OCH3 is 2. The molecule has 2 atom stereocenters. The average molecular weight is 238 g/mol. The summed E-state index contributed by atoms with van der Waals surface area (Å²) in [6.07, 6.45) is 7.31. The molecule has 0 aromatic heterocycles. The third-order valence-electron chi connectivity index (χ3n) is 5.33. The average Bonchev–Trinajstić information content (AvgIpc) is 2.27. The minimum atomic E-state index is -0.0269. The van der Waals surface area contributed by atoms with Crippen LogP contribution in [0, 0.1) is 23.2 Å². The van der Waals surface area contributed by atoms with Gasteiger partial charge in [0, 0.05) is 7.11 Å². The second-order valence-corrected chi connectivity index (χ2v) is 6.42. The minimum absolute atomic E-state index is 0.0269. The van der Waals surface area contributed by atoms with E-state index in [-0.39, 0.29) is 11.4 Å². The largest absolute Gasteiger partial charge is 0.469 e. The van der Waals surface area contributed by atoms with Crippen LogP contribution in [-0.4, -0.2) is 26.3 Å². The predicted octanol–water partition coefficient (Wildman–Crippen LogP) is 2.39. The van der Waals surface area contributed by atoms with Crippen molar-refractivity contribution < 1.29 is 14.3 Å². The lowest BCUT2D eigenvalue weighted by molar-refractivity contribution is -0.165. The Morgan fingerprint density at radius 1 is 1.18 bits per heavy atom. The summed E-state index contributed by atoms with van der Waals surface area (Å²) in [6.45, 7) is 0. The molecular weight excluding hydrogens is 216 g/mol. The second-order valence-electron chi connectivity index (χ2n) is 6.42. The van der Waals surface area contributed by atoms with Crippen LogP contribution in [0.25, 0.3) is 0 Å². The highest BCUT2D eigenvalue weighted by molar-refractivity contribution is 5.70. The van der Waals surface area contributed by atoms with Gasteiger partial charge in [0.05, 0.1) is 19.6 Å². The first-order chi connectivity index (χ1) is 8.15. The number of ether oxygens (including phenoxy) is 2. The quantitative estimate of drug-likeness (QED) is 0.708. The van der Waals surface area contributed by atoms with Crippen LogP contribution < -0.4 is 0 Å². The minimum Gasteiger partial charge on any atom is -0.469 e. The zero-order valence-corrected chi connectivity index (χ0v) is 10.8. The lowest BCUT2D eigenvalue weighted by Crippen LogP contribution is -2.54. The summed E-state index contributed by atoms with van der Waals surface area (Å²) in [6, 6.07) is 0. The van der Waals surface area contributed by atoms with Gasteiger partial charge in [-0.1, -0.05) is 0 Å². The molecule has 0 heterocycles. The number of hydrogen-bond donors (Lipinski definition) is 0. The molecule has 0 N–H and O–H groups in total. The van der Waals surface area contributed by atoms with Gasteiger partial charge in [0.25, 0.3) is 0 Å². The summed E-state index contributed by atoms with van der Waals surface area (Å²) in [5.41, 5.74) is 0.249. The molecule has 4 rings (SSSR count). The number of esters is 1. The first-order valence-electron chi connectivity index (χ1n) is 6.75. The van der Waals surface area contributed by atoms with Crippen LogP contribution in [-0.2, 0) is 14.3 Å². The Morgan fingerprint density at radius 3 is 2.35 bits per heavy atom. The molecule has 3 heteroatoms. The van der Waals surface area contributed by atoms with Crippen molar-refractivity contribution in [3.05, 3.63) is 0 Å². The summed E-state index contributed by atoms with van der Waals surface area (Å²) < 4.78 is 10.6. The molecule has 4 saturated carbocycles. The maximum absolute atomic E-state index is 11.6. The van der Waals surface area contributed by atoms with Crippen LogP contribution in [0.5, 0.6) is 0 Å². The lowest BCUT2D eigenvalue weighted by atomic mass is 9.48. The Labute approximate surface area is 103 Å². The Balaban J connectivity index is 1.79. The summed E-state index contributed by atoms with van der Waals surface area (Å²) in [5, 5.41) is 0. The highest BCUT2D eigenvalue weighted by Gasteiger charge is 2.56. The maximum atomic E-state index is 11.6. The molecule has 0 amide bonds. The van der Waals surface area contributed by atoms with E-state index in [4.69, 9.17) is 9.47 Å². The topological polar surface area (TPSA) is 35.5 Å². The van der Waals surface area contributed by atoms with E-state index >= 15 is 0 Å². The van der Waals surface area contributed by atoms with Gasteiger partial charge in [0.15, 0.2) is 0 Å². The van der Waals surface area contributed by atoms with Crippen molar-refractivity contribution >= 4 is 5.97 Å². The lowest BCUT2D eigenvalue weighted by Gasteiger charge is -2.59. The molecule has 0 aromatic carbocycles. The first-order valence-corrected chi connectivity index (χ1v) is 6.75. The second kappa shape index (κ2) is 3.98. The molecule has 0 spiro atoms. The van der Waals surface area contributed by atoms with Crippen LogP contribution >= 0.6 is 0 Å². The molecule has 2 unspecified atom stereocenters. The monoisotopic (exact) mass is 238 g/mol. The van der Waals surface area contributed by atoms with E-state index in [0.29, 0.717) is 24.4 Å². The summed E-state index contributed by atoms with van der Waals surface area (Å²) >= 11 is 0. The molecule has 0 radical (unpaired) electrons. The molecule has 4 bridgehead atoms. The van der Waals surface area contributed by atoms with Crippen molar-refractivity contribution in [3.8, 4) is 0 Å². The maximum Gasteiger partial charge on any atom is 0.306 e. The van der Waals surface area contributed by atoms with Crippen LogP contribution in [0.15, 0.2) is 0 Å². The first kappa shape index (κ1) is 11.5. The molecule has 17 heavy (non-hydrogen) atoms. The van der Waals surface area contributed by atoms with Gasteiger partial charge in [-0.15, -0.1) is 0 Å². The van der Waals surface area contributed by atoms with Gasteiger partial charge in [0.2, 0.25) is 0 Å². The molecule has 96 valence electrons. The fraction of sp³-hybridized carbons (Fsp3) is 0.929. The predicted molar refractivity (Wildman–Crippen MR) is 63.4 cm³/mol. The number of carbonyl (C=O) groups is 1. The molecule has 0 saturated heterocycles. The van der Waals surface area contributed by atoms with Crippen LogP contribution in [0.4, 0.5) is 0 Å². The molecule has 0 aliphatic heterocycles. The normalized spacial score (nSPS) is 47.2. The van der Waals surface area contributed by atoms with E-state index in [1.54, 1.807) is 0 Å². The van der Waals surface area contributed by atoms with E-state index in [2.05, 4.69) is 0 Å². The van der Waals surface area contributed by atoms with E-state index in [1.807, 2.05) is 7.11 Å². The van der Waals surface area contributed by atoms with E-state index in [1.165, 1.54) is 39.2 Å². The number of rotatable bonds is 3. The van der Waals surface area contributed by atoms with Crippen LogP contribution in [0.3, 0.4) is 0 Å². The van der Waals surface area contributed by atoms with Gasteiger partial charge in [0.1, 0.15) is 0 Å². The molecular formula is C14H22O3. The van der Waals surface area contributed by atoms with Crippen molar-refractivity contribution in [2.75, 3.05) is 14.2 Å².